The molecule has 0 bridgehead atoms. The van der Waals surface area contributed by atoms with Crippen LogP contribution in [0.25, 0.3) is 0 Å². The summed E-state index contributed by atoms with van der Waals surface area (Å²) in [6.07, 6.45) is 4.98. The van der Waals surface area contributed by atoms with E-state index in [4.69, 9.17) is 4.74 Å². The molecule has 0 aliphatic rings. The molecule has 0 saturated heterocycles. The Morgan fingerprint density at radius 3 is 2.46 bits per heavy atom. The molecule has 2 rings (SSSR count). The number of halogens is 1. The fourth-order valence-corrected chi connectivity index (χ4v) is 1.79. The van der Waals surface area contributed by atoms with Crippen molar-refractivity contribution < 1.29 is 18.7 Å². The first-order valence-electron chi connectivity index (χ1n) is 7.15. The Labute approximate surface area is 138 Å². The number of hydrogen-bond acceptors (Lipinski definition) is 6. The summed E-state index contributed by atoms with van der Waals surface area (Å²) in [4.78, 5) is 36.0. The number of amides is 1. The first-order chi connectivity index (χ1) is 11.3. The zero-order chi connectivity index (χ0) is 17.7. The number of nitrogens with zero attached hydrogens (tertiary/aromatic N) is 4. The first-order valence-corrected chi connectivity index (χ1v) is 7.15. The molecule has 8 heteroatoms. The molecule has 0 saturated carbocycles. The molecular formula is C16H17FN4O3. The number of aromatic nitrogens is 3. The van der Waals surface area contributed by atoms with Crippen molar-refractivity contribution in [1.29, 1.82) is 0 Å². The van der Waals surface area contributed by atoms with Gasteiger partial charge in [-0.1, -0.05) is 0 Å². The van der Waals surface area contributed by atoms with E-state index < -0.39 is 17.5 Å². The SMILES string of the molecule is CC(C)(C)OC(=O)N(Cc1cncc(F)c1)c1ncc(C=O)cn1. The van der Waals surface area contributed by atoms with E-state index in [0.717, 1.165) is 11.1 Å². The maximum absolute atomic E-state index is 13.3. The van der Waals surface area contributed by atoms with Crippen molar-refractivity contribution in [2.45, 2.75) is 32.9 Å². The highest BCUT2D eigenvalue weighted by Crippen LogP contribution is 2.17. The Morgan fingerprint density at radius 1 is 1.25 bits per heavy atom. The molecule has 2 aromatic heterocycles. The Morgan fingerprint density at radius 2 is 1.92 bits per heavy atom. The summed E-state index contributed by atoms with van der Waals surface area (Å²) in [5, 5.41) is 0. The summed E-state index contributed by atoms with van der Waals surface area (Å²) in [7, 11) is 0. The molecule has 126 valence electrons. The maximum Gasteiger partial charge on any atom is 0.417 e. The van der Waals surface area contributed by atoms with E-state index in [0.29, 0.717) is 11.8 Å². The van der Waals surface area contributed by atoms with Gasteiger partial charge in [-0.15, -0.1) is 0 Å². The van der Waals surface area contributed by atoms with Crippen LogP contribution in [0.2, 0.25) is 0 Å². The monoisotopic (exact) mass is 332 g/mol. The van der Waals surface area contributed by atoms with Gasteiger partial charge in [0.05, 0.1) is 18.3 Å². The number of carbonyl (C=O) groups excluding carboxylic acids is 2. The lowest BCUT2D eigenvalue weighted by Gasteiger charge is -2.26. The standard InChI is InChI=1S/C16H17FN4O3/c1-16(2,3)24-15(23)21(9-11-4-13(17)8-18-5-11)14-19-6-12(10-22)7-20-14/h4-8,10H,9H2,1-3H3. The number of pyridine rings is 1. The summed E-state index contributed by atoms with van der Waals surface area (Å²) in [5.41, 5.74) is -0.00244. The van der Waals surface area contributed by atoms with Crippen LogP contribution in [-0.4, -0.2) is 32.9 Å². The Bertz CT molecular complexity index is 729. The minimum atomic E-state index is -0.724. The van der Waals surface area contributed by atoms with Crippen molar-refractivity contribution in [2.24, 2.45) is 0 Å². The minimum Gasteiger partial charge on any atom is -0.443 e. The molecule has 0 radical (unpaired) electrons. The van der Waals surface area contributed by atoms with Gasteiger partial charge in [0.25, 0.3) is 0 Å². The molecule has 24 heavy (non-hydrogen) atoms. The quantitative estimate of drug-likeness (QED) is 0.800. The summed E-state index contributed by atoms with van der Waals surface area (Å²) < 4.78 is 18.7. The third kappa shape index (κ3) is 4.80. The lowest BCUT2D eigenvalue weighted by atomic mass is 10.2. The summed E-state index contributed by atoms with van der Waals surface area (Å²) >= 11 is 0. The van der Waals surface area contributed by atoms with Crippen molar-refractivity contribution in [1.82, 2.24) is 15.0 Å². The minimum absolute atomic E-state index is 0.0277. The number of carbonyl (C=O) groups is 2. The van der Waals surface area contributed by atoms with Gasteiger partial charge in [-0.2, -0.15) is 0 Å². The lowest BCUT2D eigenvalue weighted by Crippen LogP contribution is -2.37. The lowest BCUT2D eigenvalue weighted by molar-refractivity contribution is 0.0575. The second-order valence-corrected chi connectivity index (χ2v) is 6.01. The summed E-state index contributed by atoms with van der Waals surface area (Å²) in [5.74, 6) is -0.479. The molecule has 0 unspecified atom stereocenters. The fraction of sp³-hybridized carbons (Fsp3) is 0.312. The average molecular weight is 332 g/mol. The first kappa shape index (κ1) is 17.5. The van der Waals surface area contributed by atoms with Crippen LogP contribution in [0.3, 0.4) is 0 Å². The van der Waals surface area contributed by atoms with Crippen LogP contribution >= 0.6 is 0 Å². The topological polar surface area (TPSA) is 85.3 Å². The second-order valence-electron chi connectivity index (χ2n) is 6.01. The highest BCUT2D eigenvalue weighted by molar-refractivity contribution is 5.85. The molecule has 0 aromatic carbocycles. The van der Waals surface area contributed by atoms with Crippen LogP contribution in [0, 0.1) is 5.82 Å². The van der Waals surface area contributed by atoms with Crippen LogP contribution < -0.4 is 4.90 Å². The van der Waals surface area contributed by atoms with Gasteiger partial charge in [0.15, 0.2) is 6.29 Å². The molecule has 0 spiro atoms. The molecule has 0 fully saturated rings. The number of ether oxygens (including phenoxy) is 1. The zero-order valence-electron chi connectivity index (χ0n) is 13.6. The van der Waals surface area contributed by atoms with Gasteiger partial charge in [-0.3, -0.25) is 9.78 Å². The van der Waals surface area contributed by atoms with E-state index >= 15 is 0 Å². The van der Waals surface area contributed by atoms with Gasteiger partial charge in [0.2, 0.25) is 5.95 Å². The molecule has 0 aliphatic heterocycles. The van der Waals surface area contributed by atoms with Crippen LogP contribution in [0.4, 0.5) is 15.1 Å². The predicted octanol–water partition coefficient (Wildman–Crippen LogP) is 2.76. The van der Waals surface area contributed by atoms with E-state index in [1.54, 1.807) is 20.8 Å². The molecule has 0 N–H and O–H groups in total. The molecule has 2 aromatic rings. The number of aldehydes is 1. The Balaban J connectivity index is 2.32. The van der Waals surface area contributed by atoms with E-state index in [9.17, 15) is 14.0 Å². The highest BCUT2D eigenvalue weighted by Gasteiger charge is 2.25. The van der Waals surface area contributed by atoms with Gasteiger partial charge in [-0.05, 0) is 32.4 Å². The molecular weight excluding hydrogens is 315 g/mol. The van der Waals surface area contributed by atoms with Crippen LogP contribution in [0.5, 0.6) is 0 Å². The van der Waals surface area contributed by atoms with Crippen LogP contribution in [-0.2, 0) is 11.3 Å². The predicted molar refractivity (Wildman–Crippen MR) is 84.0 cm³/mol. The van der Waals surface area contributed by atoms with E-state index in [1.807, 2.05) is 0 Å². The summed E-state index contributed by atoms with van der Waals surface area (Å²) in [6, 6.07) is 1.25. The van der Waals surface area contributed by atoms with E-state index in [1.165, 1.54) is 24.7 Å². The van der Waals surface area contributed by atoms with Crippen molar-refractivity contribution in [3.8, 4) is 0 Å². The number of rotatable bonds is 4. The van der Waals surface area contributed by atoms with E-state index in [-0.39, 0.29) is 18.1 Å². The number of anilines is 1. The van der Waals surface area contributed by atoms with Crippen molar-refractivity contribution in [3.05, 3.63) is 47.8 Å². The van der Waals surface area contributed by atoms with E-state index in [2.05, 4.69) is 15.0 Å². The molecule has 0 aliphatic carbocycles. The van der Waals surface area contributed by atoms with Gasteiger partial charge in [0.1, 0.15) is 11.4 Å². The molecule has 0 atom stereocenters. The second kappa shape index (κ2) is 7.12. The third-order valence-corrected chi connectivity index (χ3v) is 2.75. The smallest absolute Gasteiger partial charge is 0.417 e. The maximum atomic E-state index is 13.3. The Hall–Kier alpha value is -2.90. The average Bonchev–Trinajstić information content (AvgIpc) is 2.51. The van der Waals surface area contributed by atoms with Gasteiger partial charge in [0, 0.05) is 18.6 Å². The Kier molecular flexibility index (Phi) is 5.18. The van der Waals surface area contributed by atoms with Gasteiger partial charge in [-0.25, -0.2) is 24.1 Å². The zero-order valence-corrected chi connectivity index (χ0v) is 13.6. The van der Waals surface area contributed by atoms with Crippen molar-refractivity contribution in [2.75, 3.05) is 4.90 Å². The highest BCUT2D eigenvalue weighted by atomic mass is 19.1. The van der Waals surface area contributed by atoms with Gasteiger partial charge >= 0.3 is 6.09 Å². The molecule has 2 heterocycles. The third-order valence-electron chi connectivity index (χ3n) is 2.75. The molecule has 1 amide bonds. The summed E-state index contributed by atoms with van der Waals surface area (Å²) in [6.45, 7) is 5.15. The fourth-order valence-electron chi connectivity index (χ4n) is 1.79. The van der Waals surface area contributed by atoms with Crippen molar-refractivity contribution >= 4 is 18.3 Å². The van der Waals surface area contributed by atoms with Crippen LogP contribution in [0.1, 0.15) is 36.7 Å². The van der Waals surface area contributed by atoms with Crippen molar-refractivity contribution in [3.63, 3.8) is 0 Å². The number of hydrogen-bond donors (Lipinski definition) is 0. The normalized spacial score (nSPS) is 11.0. The van der Waals surface area contributed by atoms with Crippen LogP contribution in [0.15, 0.2) is 30.9 Å². The largest absolute Gasteiger partial charge is 0.443 e. The van der Waals surface area contributed by atoms with Gasteiger partial charge < -0.3 is 4.74 Å². The molecule has 7 nitrogen and oxygen atoms in total.